The second-order valence-electron chi connectivity index (χ2n) is 11.0. The Balaban J connectivity index is 1.22. The van der Waals surface area contributed by atoms with Crippen LogP contribution in [0.25, 0.3) is 11.1 Å². The van der Waals surface area contributed by atoms with E-state index in [0.717, 1.165) is 80.1 Å². The molecule has 2 aromatic carbocycles. The number of hydrogen-bond acceptors (Lipinski definition) is 5. The Labute approximate surface area is 201 Å². The van der Waals surface area contributed by atoms with Crippen molar-refractivity contribution in [3.8, 4) is 22.6 Å². The Kier molecular flexibility index (Phi) is 5.44. The van der Waals surface area contributed by atoms with E-state index in [-0.39, 0.29) is 23.7 Å². The Morgan fingerprint density at radius 1 is 1.06 bits per heavy atom. The SMILES string of the molecule is CC1(C)COc2cc(-c3ccc4c(c3)CCCO4)ccc2C1NC(=O)O[C@@H]1CN2CCC1CC2. The van der Waals surface area contributed by atoms with E-state index < -0.39 is 0 Å². The lowest BCUT2D eigenvalue weighted by Gasteiger charge is -2.44. The molecule has 34 heavy (non-hydrogen) atoms. The zero-order valence-electron chi connectivity index (χ0n) is 20.1. The van der Waals surface area contributed by atoms with E-state index in [1.54, 1.807) is 0 Å². The van der Waals surface area contributed by atoms with Gasteiger partial charge in [-0.15, -0.1) is 0 Å². The Morgan fingerprint density at radius 3 is 2.65 bits per heavy atom. The van der Waals surface area contributed by atoms with Gasteiger partial charge in [-0.1, -0.05) is 32.0 Å². The van der Waals surface area contributed by atoms with Crippen molar-refractivity contribution in [2.75, 3.05) is 32.8 Å². The molecule has 0 spiro atoms. The topological polar surface area (TPSA) is 60.0 Å². The monoisotopic (exact) mass is 462 g/mol. The van der Waals surface area contributed by atoms with Gasteiger partial charge in [-0.05, 0) is 79.6 Å². The summed E-state index contributed by atoms with van der Waals surface area (Å²) >= 11 is 0. The van der Waals surface area contributed by atoms with Crippen molar-refractivity contribution in [3.63, 3.8) is 0 Å². The fourth-order valence-electron chi connectivity index (χ4n) is 5.99. The first kappa shape index (κ1) is 21.8. The van der Waals surface area contributed by atoms with Crippen molar-refractivity contribution in [2.45, 2.75) is 51.7 Å². The summed E-state index contributed by atoms with van der Waals surface area (Å²) in [6.07, 6.45) is 4.04. The maximum Gasteiger partial charge on any atom is 0.407 e. The summed E-state index contributed by atoms with van der Waals surface area (Å²) in [6, 6.07) is 12.6. The van der Waals surface area contributed by atoms with Crippen molar-refractivity contribution in [3.05, 3.63) is 47.5 Å². The number of aryl methyl sites for hydroxylation is 1. The molecule has 0 aromatic heterocycles. The predicted octanol–water partition coefficient (Wildman–Crippen LogP) is 4.96. The van der Waals surface area contributed by atoms with Crippen LogP contribution in [-0.2, 0) is 11.2 Å². The van der Waals surface area contributed by atoms with Crippen molar-refractivity contribution in [1.82, 2.24) is 10.2 Å². The highest BCUT2D eigenvalue weighted by atomic mass is 16.6. The van der Waals surface area contributed by atoms with Crippen molar-refractivity contribution in [1.29, 1.82) is 0 Å². The summed E-state index contributed by atoms with van der Waals surface area (Å²) in [7, 11) is 0. The highest BCUT2D eigenvalue weighted by Gasteiger charge is 2.41. The van der Waals surface area contributed by atoms with Gasteiger partial charge in [0, 0.05) is 17.5 Å². The molecule has 6 heteroatoms. The number of rotatable bonds is 3. The molecule has 6 nitrogen and oxygen atoms in total. The standard InChI is InChI=1S/C28H34N2O4/c1-28(2)17-33-24-15-20(19-6-8-23-21(14-19)4-3-13-32-23)5-7-22(24)26(28)29-27(31)34-25-16-30-11-9-18(25)10-12-30/h5-8,14-15,18,25-26H,3-4,9-13,16-17H2,1-2H3,(H,29,31)/t25-,26?/m1/s1. The second-order valence-corrected chi connectivity index (χ2v) is 11.0. The molecule has 3 saturated heterocycles. The molecule has 0 saturated carbocycles. The molecule has 2 bridgehead atoms. The largest absolute Gasteiger partial charge is 0.493 e. The van der Waals surface area contributed by atoms with Gasteiger partial charge in [0.05, 0.1) is 19.3 Å². The zero-order chi connectivity index (χ0) is 23.3. The molecule has 0 radical (unpaired) electrons. The van der Waals surface area contributed by atoms with Crippen LogP contribution in [0.1, 0.15) is 50.3 Å². The maximum absolute atomic E-state index is 13.0. The lowest BCUT2D eigenvalue weighted by molar-refractivity contribution is -0.0361. The van der Waals surface area contributed by atoms with Gasteiger partial charge in [0.25, 0.3) is 0 Å². The predicted molar refractivity (Wildman–Crippen MR) is 130 cm³/mol. The number of piperidine rings is 3. The maximum atomic E-state index is 13.0. The minimum Gasteiger partial charge on any atom is -0.493 e. The second kappa shape index (κ2) is 8.49. The number of fused-ring (bicyclic) bond motifs is 5. The smallest absolute Gasteiger partial charge is 0.407 e. The van der Waals surface area contributed by atoms with Gasteiger partial charge in [0.1, 0.15) is 17.6 Å². The van der Waals surface area contributed by atoms with Gasteiger partial charge < -0.3 is 19.5 Å². The number of amides is 1. The van der Waals surface area contributed by atoms with E-state index >= 15 is 0 Å². The lowest BCUT2D eigenvalue weighted by Crippen LogP contribution is -2.53. The van der Waals surface area contributed by atoms with E-state index in [1.165, 1.54) is 5.56 Å². The molecule has 7 rings (SSSR count). The molecular weight excluding hydrogens is 428 g/mol. The van der Waals surface area contributed by atoms with E-state index in [1.807, 2.05) is 0 Å². The molecule has 5 aliphatic heterocycles. The van der Waals surface area contributed by atoms with Crippen LogP contribution in [0, 0.1) is 11.3 Å². The molecule has 2 aromatic rings. The van der Waals surface area contributed by atoms with Crippen LogP contribution in [-0.4, -0.2) is 49.9 Å². The van der Waals surface area contributed by atoms with Crippen LogP contribution in [0.4, 0.5) is 4.79 Å². The van der Waals surface area contributed by atoms with Gasteiger partial charge in [-0.25, -0.2) is 4.79 Å². The van der Waals surface area contributed by atoms with E-state index in [4.69, 9.17) is 14.2 Å². The normalized spacial score (nSPS) is 28.6. The average molecular weight is 463 g/mol. The first-order valence-corrected chi connectivity index (χ1v) is 12.7. The number of nitrogens with one attached hydrogen (secondary N) is 1. The third-order valence-corrected chi connectivity index (χ3v) is 8.06. The highest BCUT2D eigenvalue weighted by Crippen LogP contribution is 2.44. The Bertz CT molecular complexity index is 1090. The summed E-state index contributed by atoms with van der Waals surface area (Å²) in [6.45, 7) is 8.72. The number of nitrogens with zero attached hydrogens (tertiary/aromatic N) is 1. The van der Waals surface area contributed by atoms with Gasteiger partial charge in [0.15, 0.2) is 0 Å². The van der Waals surface area contributed by atoms with Crippen LogP contribution >= 0.6 is 0 Å². The summed E-state index contributed by atoms with van der Waals surface area (Å²) in [5.41, 5.74) is 4.30. The fraction of sp³-hybridized carbons (Fsp3) is 0.536. The summed E-state index contributed by atoms with van der Waals surface area (Å²) in [4.78, 5) is 15.4. The van der Waals surface area contributed by atoms with Crippen LogP contribution in [0.3, 0.4) is 0 Å². The first-order valence-electron chi connectivity index (χ1n) is 12.7. The summed E-state index contributed by atoms with van der Waals surface area (Å²) in [5, 5.41) is 3.20. The third-order valence-electron chi connectivity index (χ3n) is 8.06. The number of alkyl carbamates (subject to hydrolysis) is 1. The lowest BCUT2D eigenvalue weighted by atomic mass is 9.78. The first-order chi connectivity index (χ1) is 16.5. The fourth-order valence-corrected chi connectivity index (χ4v) is 5.99. The van der Waals surface area contributed by atoms with Crippen molar-refractivity contribution in [2.24, 2.45) is 11.3 Å². The number of benzene rings is 2. The summed E-state index contributed by atoms with van der Waals surface area (Å²) < 4.78 is 17.9. The highest BCUT2D eigenvalue weighted by molar-refractivity contribution is 5.71. The molecule has 5 heterocycles. The quantitative estimate of drug-likeness (QED) is 0.699. The third kappa shape index (κ3) is 4.02. The minimum absolute atomic E-state index is 0.000266. The van der Waals surface area contributed by atoms with Crippen LogP contribution in [0.15, 0.2) is 36.4 Å². The minimum atomic E-state index is -0.316. The summed E-state index contributed by atoms with van der Waals surface area (Å²) in [5.74, 6) is 2.32. The van der Waals surface area contributed by atoms with Gasteiger partial charge in [-0.3, -0.25) is 4.90 Å². The van der Waals surface area contributed by atoms with Crippen LogP contribution < -0.4 is 14.8 Å². The van der Waals surface area contributed by atoms with Crippen molar-refractivity contribution >= 4 is 6.09 Å². The zero-order valence-corrected chi connectivity index (χ0v) is 20.1. The number of ether oxygens (including phenoxy) is 3. The molecule has 1 unspecified atom stereocenters. The molecule has 180 valence electrons. The number of carbonyl (C=O) groups is 1. The molecular formula is C28H34N2O4. The Hall–Kier alpha value is -2.73. The van der Waals surface area contributed by atoms with E-state index in [0.29, 0.717) is 12.5 Å². The number of hydrogen-bond donors (Lipinski definition) is 1. The molecule has 3 fully saturated rings. The average Bonchev–Trinajstić information content (AvgIpc) is 2.86. The molecule has 2 atom stereocenters. The van der Waals surface area contributed by atoms with Crippen molar-refractivity contribution < 1.29 is 19.0 Å². The molecule has 1 N–H and O–H groups in total. The number of carbonyl (C=O) groups excluding carboxylic acids is 1. The molecule has 5 aliphatic rings. The molecule has 1 amide bonds. The van der Waals surface area contributed by atoms with Gasteiger partial charge in [0.2, 0.25) is 0 Å². The van der Waals surface area contributed by atoms with Gasteiger partial charge in [-0.2, -0.15) is 0 Å². The van der Waals surface area contributed by atoms with Gasteiger partial charge >= 0.3 is 6.09 Å². The van der Waals surface area contributed by atoms with Crippen LogP contribution in [0.5, 0.6) is 11.5 Å². The van der Waals surface area contributed by atoms with E-state index in [9.17, 15) is 4.79 Å². The van der Waals surface area contributed by atoms with Crippen LogP contribution in [0.2, 0.25) is 0 Å². The molecule has 0 aliphatic carbocycles. The van der Waals surface area contributed by atoms with E-state index in [2.05, 4.69) is 60.5 Å². The Morgan fingerprint density at radius 2 is 1.85 bits per heavy atom.